The number of nitrogens with one attached hydrogen (secondary N) is 1. The summed E-state index contributed by atoms with van der Waals surface area (Å²) >= 11 is 1.79. The fourth-order valence-electron chi connectivity index (χ4n) is 4.20. The van der Waals surface area contributed by atoms with E-state index in [1.165, 1.54) is 41.8 Å². The largest absolute Gasteiger partial charge is 0.352 e. The molecule has 1 saturated heterocycles. The Hall–Kier alpha value is -1.46. The zero-order chi connectivity index (χ0) is 17.1. The molecule has 0 spiro atoms. The van der Waals surface area contributed by atoms with Crippen molar-refractivity contribution in [1.29, 1.82) is 0 Å². The van der Waals surface area contributed by atoms with Crippen LogP contribution in [0.4, 0.5) is 0 Å². The normalized spacial score (nSPS) is 23.0. The van der Waals surface area contributed by atoms with Gasteiger partial charge in [0.15, 0.2) is 0 Å². The number of benzene rings is 1. The van der Waals surface area contributed by atoms with Crippen molar-refractivity contribution in [2.75, 3.05) is 13.1 Å². The average molecular weight is 358 g/mol. The first-order valence-electron chi connectivity index (χ1n) is 9.68. The van der Waals surface area contributed by atoms with Gasteiger partial charge in [0, 0.05) is 6.04 Å². The summed E-state index contributed by atoms with van der Waals surface area (Å²) in [5, 5.41) is 4.44. The number of rotatable bonds is 4. The van der Waals surface area contributed by atoms with E-state index in [4.69, 9.17) is 4.98 Å². The van der Waals surface area contributed by atoms with Gasteiger partial charge in [0.1, 0.15) is 5.01 Å². The number of nitrogens with zero attached hydrogens (tertiary/aromatic N) is 2. The van der Waals surface area contributed by atoms with Crippen molar-refractivity contribution < 1.29 is 4.79 Å². The van der Waals surface area contributed by atoms with Crippen LogP contribution in [0.1, 0.15) is 62.4 Å². The van der Waals surface area contributed by atoms with E-state index in [-0.39, 0.29) is 5.91 Å². The minimum atomic E-state index is 0.194. The molecule has 4 rings (SSSR count). The van der Waals surface area contributed by atoms with Crippen LogP contribution in [0.15, 0.2) is 24.3 Å². The van der Waals surface area contributed by atoms with Gasteiger partial charge in [-0.25, -0.2) is 4.98 Å². The van der Waals surface area contributed by atoms with E-state index in [1.54, 1.807) is 11.3 Å². The Kier molecular flexibility index (Phi) is 5.32. The number of thiazole rings is 1. The number of carbonyl (C=O) groups excluding carboxylic acids is 1. The zero-order valence-corrected chi connectivity index (χ0v) is 15.6. The van der Waals surface area contributed by atoms with E-state index < -0.39 is 0 Å². The maximum Gasteiger partial charge on any atom is 0.234 e. The molecule has 25 heavy (non-hydrogen) atoms. The molecule has 134 valence electrons. The first-order chi connectivity index (χ1) is 12.3. The Bertz CT molecular complexity index is 690. The standard InChI is InChI=1S/C20H27N3OS/c24-19(21-15-8-2-1-3-9-15)14-23-13-7-6-11-17(23)20-22-16-10-4-5-12-18(16)25-20/h4-5,10,12,15,17H,1-3,6-9,11,13-14H2,(H,21,24)/t17-/m1/s1. The second-order valence-electron chi connectivity index (χ2n) is 7.40. The summed E-state index contributed by atoms with van der Waals surface area (Å²) in [6.07, 6.45) is 9.63. The lowest BCUT2D eigenvalue weighted by molar-refractivity contribution is -0.124. The molecular weight excluding hydrogens is 330 g/mol. The number of para-hydroxylation sites is 1. The highest BCUT2D eigenvalue weighted by molar-refractivity contribution is 7.18. The van der Waals surface area contributed by atoms with Gasteiger partial charge >= 0.3 is 0 Å². The smallest absolute Gasteiger partial charge is 0.234 e. The van der Waals surface area contributed by atoms with E-state index in [0.717, 1.165) is 31.3 Å². The molecule has 2 aromatic rings. The minimum Gasteiger partial charge on any atom is -0.352 e. The van der Waals surface area contributed by atoms with Crippen LogP contribution in [0.2, 0.25) is 0 Å². The lowest BCUT2D eigenvalue weighted by atomic mass is 9.95. The van der Waals surface area contributed by atoms with Gasteiger partial charge in [-0.2, -0.15) is 0 Å². The van der Waals surface area contributed by atoms with Gasteiger partial charge < -0.3 is 5.32 Å². The molecule has 5 heteroatoms. The predicted molar refractivity (Wildman–Crippen MR) is 103 cm³/mol. The lowest BCUT2D eigenvalue weighted by Crippen LogP contribution is -2.45. The van der Waals surface area contributed by atoms with Crippen LogP contribution in [-0.2, 0) is 4.79 Å². The topological polar surface area (TPSA) is 45.2 Å². The predicted octanol–water partition coefficient (Wildman–Crippen LogP) is 4.27. The summed E-state index contributed by atoms with van der Waals surface area (Å²) in [6, 6.07) is 9.02. The summed E-state index contributed by atoms with van der Waals surface area (Å²) in [7, 11) is 0. The highest BCUT2D eigenvalue weighted by Crippen LogP contribution is 2.35. The number of piperidine rings is 1. The van der Waals surface area contributed by atoms with Crippen molar-refractivity contribution in [3.05, 3.63) is 29.3 Å². The fraction of sp³-hybridized carbons (Fsp3) is 0.600. The first-order valence-corrected chi connectivity index (χ1v) is 10.5. The Balaban J connectivity index is 1.44. The van der Waals surface area contributed by atoms with Crippen molar-refractivity contribution in [2.24, 2.45) is 0 Å². The maximum absolute atomic E-state index is 12.6. The summed E-state index contributed by atoms with van der Waals surface area (Å²) in [5.41, 5.74) is 1.08. The molecule has 1 saturated carbocycles. The van der Waals surface area contributed by atoms with Crippen molar-refractivity contribution in [1.82, 2.24) is 15.2 Å². The fourth-order valence-corrected chi connectivity index (χ4v) is 5.33. The Morgan fingerprint density at radius 3 is 2.76 bits per heavy atom. The maximum atomic E-state index is 12.6. The van der Waals surface area contributed by atoms with Crippen LogP contribution in [0, 0.1) is 0 Å². The van der Waals surface area contributed by atoms with E-state index in [9.17, 15) is 4.79 Å². The van der Waals surface area contributed by atoms with Gasteiger partial charge in [-0.1, -0.05) is 37.8 Å². The van der Waals surface area contributed by atoms with Crippen LogP contribution in [0.3, 0.4) is 0 Å². The molecule has 2 aliphatic rings. The highest BCUT2D eigenvalue weighted by atomic mass is 32.1. The molecule has 1 aliphatic heterocycles. The zero-order valence-electron chi connectivity index (χ0n) is 14.7. The molecule has 1 aliphatic carbocycles. The molecule has 4 nitrogen and oxygen atoms in total. The van der Waals surface area contributed by atoms with Gasteiger partial charge in [0.2, 0.25) is 5.91 Å². The molecule has 1 aromatic heterocycles. The second-order valence-corrected chi connectivity index (χ2v) is 8.47. The van der Waals surface area contributed by atoms with Crippen LogP contribution < -0.4 is 5.32 Å². The monoisotopic (exact) mass is 357 g/mol. The summed E-state index contributed by atoms with van der Waals surface area (Å²) < 4.78 is 1.25. The third kappa shape index (κ3) is 4.04. The number of likely N-dealkylation sites (tertiary alicyclic amines) is 1. The van der Waals surface area contributed by atoms with Crippen LogP contribution in [0.25, 0.3) is 10.2 Å². The molecule has 0 unspecified atom stereocenters. The van der Waals surface area contributed by atoms with Gasteiger partial charge in [-0.05, 0) is 44.4 Å². The summed E-state index contributed by atoms with van der Waals surface area (Å²) in [4.78, 5) is 19.8. The Morgan fingerprint density at radius 1 is 1.12 bits per heavy atom. The molecule has 0 radical (unpaired) electrons. The Labute approximate surface area is 153 Å². The number of aromatic nitrogens is 1. The average Bonchev–Trinajstić information content (AvgIpc) is 3.07. The molecule has 2 heterocycles. The molecule has 1 N–H and O–H groups in total. The molecule has 1 amide bonds. The molecule has 2 fully saturated rings. The van der Waals surface area contributed by atoms with Crippen molar-refractivity contribution in [3.63, 3.8) is 0 Å². The van der Waals surface area contributed by atoms with E-state index >= 15 is 0 Å². The SMILES string of the molecule is O=C(CN1CCCC[C@@H]1c1nc2ccccc2s1)NC1CCCCC1. The third-order valence-electron chi connectivity index (χ3n) is 5.53. The van der Waals surface area contributed by atoms with Gasteiger partial charge in [-0.3, -0.25) is 9.69 Å². The van der Waals surface area contributed by atoms with Crippen molar-refractivity contribution >= 4 is 27.5 Å². The number of hydrogen-bond donors (Lipinski definition) is 1. The summed E-state index contributed by atoms with van der Waals surface area (Å²) in [6.45, 7) is 1.51. The van der Waals surface area contributed by atoms with Crippen LogP contribution in [-0.4, -0.2) is 34.9 Å². The number of hydrogen-bond acceptors (Lipinski definition) is 4. The van der Waals surface area contributed by atoms with Crippen LogP contribution >= 0.6 is 11.3 Å². The summed E-state index contributed by atoms with van der Waals surface area (Å²) in [5.74, 6) is 0.194. The number of amides is 1. The van der Waals surface area contributed by atoms with E-state index in [0.29, 0.717) is 18.6 Å². The van der Waals surface area contributed by atoms with E-state index in [1.807, 2.05) is 6.07 Å². The lowest BCUT2D eigenvalue weighted by Gasteiger charge is -2.34. The molecular formula is C20H27N3OS. The highest BCUT2D eigenvalue weighted by Gasteiger charge is 2.28. The van der Waals surface area contributed by atoms with Gasteiger partial charge in [-0.15, -0.1) is 11.3 Å². The first kappa shape index (κ1) is 17.0. The minimum absolute atomic E-state index is 0.194. The van der Waals surface area contributed by atoms with Crippen LogP contribution in [0.5, 0.6) is 0 Å². The molecule has 1 aromatic carbocycles. The quantitative estimate of drug-likeness (QED) is 0.889. The number of fused-ring (bicyclic) bond motifs is 1. The third-order valence-corrected chi connectivity index (χ3v) is 6.66. The molecule has 1 atom stereocenters. The van der Waals surface area contributed by atoms with Crippen molar-refractivity contribution in [2.45, 2.75) is 63.5 Å². The van der Waals surface area contributed by atoms with E-state index in [2.05, 4.69) is 28.4 Å². The second kappa shape index (κ2) is 7.83. The Morgan fingerprint density at radius 2 is 1.92 bits per heavy atom. The van der Waals surface area contributed by atoms with Gasteiger partial charge in [0.25, 0.3) is 0 Å². The van der Waals surface area contributed by atoms with Crippen molar-refractivity contribution in [3.8, 4) is 0 Å². The molecule has 0 bridgehead atoms. The van der Waals surface area contributed by atoms with Gasteiger partial charge in [0.05, 0.1) is 22.8 Å². The number of carbonyl (C=O) groups is 1.